The molecule has 0 bridgehead atoms. The maximum Gasteiger partial charge on any atom is 0.252 e. The summed E-state index contributed by atoms with van der Waals surface area (Å²) in [5.74, 6) is 2.57. The molecule has 1 aromatic heterocycles. The van der Waals surface area contributed by atoms with Crippen molar-refractivity contribution in [2.24, 2.45) is 0 Å². The van der Waals surface area contributed by atoms with E-state index in [-0.39, 0.29) is 5.91 Å². The van der Waals surface area contributed by atoms with Crippen LogP contribution in [0.4, 0.5) is 0 Å². The Morgan fingerprint density at radius 3 is 2.61 bits per heavy atom. The highest BCUT2D eigenvalue weighted by Crippen LogP contribution is 2.21. The summed E-state index contributed by atoms with van der Waals surface area (Å²) in [4.78, 5) is 17.2. The van der Waals surface area contributed by atoms with Crippen LogP contribution in [0.15, 0.2) is 72.8 Å². The molecule has 0 atom stereocenters. The van der Waals surface area contributed by atoms with Gasteiger partial charge in [0.05, 0.1) is 35.3 Å². The van der Waals surface area contributed by atoms with Gasteiger partial charge in [0.25, 0.3) is 5.91 Å². The predicted molar refractivity (Wildman–Crippen MR) is 144 cm³/mol. The molecule has 0 unspecified atom stereocenters. The Kier molecular flexibility index (Phi) is 9.22. The van der Waals surface area contributed by atoms with Crippen molar-refractivity contribution in [2.75, 3.05) is 20.3 Å². The molecule has 0 aliphatic rings. The number of benzene rings is 3. The number of aryl methyl sites for hydroxylation is 2. The van der Waals surface area contributed by atoms with Gasteiger partial charge in [-0.25, -0.2) is 4.98 Å². The number of ether oxygens (including phenoxy) is 2. The van der Waals surface area contributed by atoms with Gasteiger partial charge in [0.2, 0.25) is 0 Å². The lowest BCUT2D eigenvalue weighted by Crippen LogP contribution is -2.24. The van der Waals surface area contributed by atoms with Crippen LogP contribution in [-0.2, 0) is 13.0 Å². The van der Waals surface area contributed by atoms with Crippen LogP contribution in [0, 0.1) is 0 Å². The smallest absolute Gasteiger partial charge is 0.252 e. The lowest BCUT2D eigenvalue weighted by atomic mass is 10.1. The number of unbranched alkanes of at least 4 members (excludes halogenated alkanes) is 2. The predicted octanol–water partition coefficient (Wildman–Crippen LogP) is 6.31. The molecule has 1 N–H and O–H groups in total. The zero-order valence-corrected chi connectivity index (χ0v) is 21.3. The summed E-state index contributed by atoms with van der Waals surface area (Å²) in [6.07, 6.45) is 4.68. The first-order chi connectivity index (χ1) is 17.7. The van der Waals surface area contributed by atoms with Crippen LogP contribution in [0.5, 0.6) is 11.5 Å². The minimum Gasteiger partial charge on any atom is -0.497 e. The molecule has 188 valence electrons. The van der Waals surface area contributed by atoms with Gasteiger partial charge in [-0.05, 0) is 55.7 Å². The van der Waals surface area contributed by atoms with Gasteiger partial charge < -0.3 is 19.4 Å². The van der Waals surface area contributed by atoms with Gasteiger partial charge >= 0.3 is 0 Å². The fraction of sp³-hybridized carbons (Fsp3) is 0.310. The molecular formula is C29H32ClN3O3. The van der Waals surface area contributed by atoms with Crippen molar-refractivity contribution in [3.8, 4) is 11.5 Å². The van der Waals surface area contributed by atoms with E-state index >= 15 is 0 Å². The molecule has 4 aromatic rings. The minimum absolute atomic E-state index is 0.126. The first-order valence-corrected chi connectivity index (χ1v) is 12.8. The Bertz CT molecular complexity index is 1290. The fourth-order valence-electron chi connectivity index (χ4n) is 4.20. The third kappa shape index (κ3) is 6.79. The van der Waals surface area contributed by atoms with Crippen LogP contribution < -0.4 is 14.8 Å². The Labute approximate surface area is 217 Å². The third-order valence-corrected chi connectivity index (χ3v) is 6.38. The van der Waals surface area contributed by atoms with Gasteiger partial charge in [-0.1, -0.05) is 48.4 Å². The zero-order chi connectivity index (χ0) is 25.2. The topological polar surface area (TPSA) is 65.4 Å². The lowest BCUT2D eigenvalue weighted by Gasteiger charge is -2.11. The number of imidazole rings is 1. The molecule has 6 nitrogen and oxygen atoms in total. The van der Waals surface area contributed by atoms with E-state index in [0.717, 1.165) is 67.0 Å². The molecule has 0 spiro atoms. The number of halogens is 1. The zero-order valence-electron chi connectivity index (χ0n) is 20.6. The van der Waals surface area contributed by atoms with Crippen LogP contribution in [0.2, 0.25) is 5.02 Å². The molecule has 4 rings (SSSR count). The molecule has 0 aliphatic heterocycles. The summed E-state index contributed by atoms with van der Waals surface area (Å²) in [5, 5.41) is 3.44. The van der Waals surface area contributed by atoms with E-state index in [9.17, 15) is 4.79 Å². The summed E-state index contributed by atoms with van der Waals surface area (Å²) < 4.78 is 13.5. The maximum atomic E-state index is 12.3. The number of carbonyl (C=O) groups is 1. The molecule has 0 aliphatic carbocycles. The lowest BCUT2D eigenvalue weighted by molar-refractivity contribution is 0.0953. The average molecular weight is 506 g/mol. The summed E-state index contributed by atoms with van der Waals surface area (Å²) in [7, 11) is 1.65. The van der Waals surface area contributed by atoms with Crippen molar-refractivity contribution in [3.63, 3.8) is 0 Å². The molecule has 1 amide bonds. The number of fused-ring (bicyclic) bond motifs is 1. The third-order valence-electron chi connectivity index (χ3n) is 6.05. The van der Waals surface area contributed by atoms with Crippen molar-refractivity contribution in [2.45, 2.75) is 38.6 Å². The first kappa shape index (κ1) is 25.6. The van der Waals surface area contributed by atoms with Crippen LogP contribution >= 0.6 is 11.6 Å². The molecular weight excluding hydrogens is 474 g/mol. The van der Waals surface area contributed by atoms with Crippen LogP contribution in [0.1, 0.15) is 41.9 Å². The second-order valence-corrected chi connectivity index (χ2v) is 9.00. The molecule has 0 fully saturated rings. The molecule has 0 saturated heterocycles. The highest BCUT2D eigenvalue weighted by atomic mass is 35.5. The standard InChI is InChI=1S/C29H32ClN3O3/c1-35-22-11-9-12-23(21-22)36-20-10-19-33-27-16-7-6-15-26(27)32-28(33)17-3-2-8-18-31-29(34)24-13-4-5-14-25(24)30/h4-7,9,11-16,21H,2-3,8,10,17-20H2,1H3,(H,31,34). The Balaban J connectivity index is 1.25. The number of amides is 1. The number of methoxy groups -OCH3 is 1. The molecule has 7 heteroatoms. The van der Waals surface area contributed by atoms with Crippen molar-refractivity contribution >= 4 is 28.5 Å². The second kappa shape index (κ2) is 13.0. The number of rotatable bonds is 13. The largest absolute Gasteiger partial charge is 0.497 e. The number of aromatic nitrogens is 2. The first-order valence-electron chi connectivity index (χ1n) is 12.4. The van der Waals surface area contributed by atoms with Crippen molar-refractivity contribution in [1.29, 1.82) is 0 Å². The van der Waals surface area contributed by atoms with Crippen LogP contribution in [0.25, 0.3) is 11.0 Å². The summed E-state index contributed by atoms with van der Waals surface area (Å²) in [6.45, 7) is 2.08. The summed E-state index contributed by atoms with van der Waals surface area (Å²) >= 11 is 6.10. The van der Waals surface area contributed by atoms with Gasteiger partial charge in [-0.2, -0.15) is 0 Å². The SMILES string of the molecule is COc1cccc(OCCCn2c(CCCCCNC(=O)c3ccccc3Cl)nc3ccccc32)c1. The van der Waals surface area contributed by atoms with Crippen molar-refractivity contribution < 1.29 is 14.3 Å². The minimum atomic E-state index is -0.126. The number of para-hydroxylation sites is 2. The summed E-state index contributed by atoms with van der Waals surface area (Å²) in [6, 6.07) is 23.0. The van der Waals surface area contributed by atoms with Gasteiger partial charge in [0, 0.05) is 25.6 Å². The Morgan fingerprint density at radius 1 is 0.944 bits per heavy atom. The number of hydrogen-bond acceptors (Lipinski definition) is 4. The second-order valence-electron chi connectivity index (χ2n) is 8.60. The van der Waals surface area contributed by atoms with E-state index in [1.54, 1.807) is 19.2 Å². The highest BCUT2D eigenvalue weighted by molar-refractivity contribution is 6.33. The quantitative estimate of drug-likeness (QED) is 0.216. The molecule has 0 radical (unpaired) electrons. The van der Waals surface area contributed by atoms with E-state index < -0.39 is 0 Å². The van der Waals surface area contributed by atoms with Gasteiger partial charge in [0.15, 0.2) is 0 Å². The normalized spacial score (nSPS) is 10.9. The highest BCUT2D eigenvalue weighted by Gasteiger charge is 2.11. The van der Waals surface area contributed by atoms with Crippen LogP contribution in [0.3, 0.4) is 0 Å². The van der Waals surface area contributed by atoms with Gasteiger partial charge in [-0.15, -0.1) is 0 Å². The number of nitrogens with one attached hydrogen (secondary N) is 1. The average Bonchev–Trinajstić information content (AvgIpc) is 3.26. The molecule has 36 heavy (non-hydrogen) atoms. The molecule has 1 heterocycles. The van der Waals surface area contributed by atoms with Crippen molar-refractivity contribution in [1.82, 2.24) is 14.9 Å². The number of hydrogen-bond donors (Lipinski definition) is 1. The van der Waals surface area contributed by atoms with E-state index in [0.29, 0.717) is 23.7 Å². The van der Waals surface area contributed by atoms with Crippen LogP contribution in [-0.4, -0.2) is 35.7 Å². The number of nitrogens with zero attached hydrogens (tertiary/aromatic N) is 2. The van der Waals surface area contributed by atoms with Gasteiger partial charge in [-0.3, -0.25) is 4.79 Å². The fourth-order valence-corrected chi connectivity index (χ4v) is 4.42. The maximum absolute atomic E-state index is 12.3. The Morgan fingerprint density at radius 2 is 1.75 bits per heavy atom. The number of carbonyl (C=O) groups excluding carboxylic acids is 1. The van der Waals surface area contributed by atoms with Crippen molar-refractivity contribution in [3.05, 3.63) is 89.2 Å². The van der Waals surface area contributed by atoms with Gasteiger partial charge in [0.1, 0.15) is 17.3 Å². The van der Waals surface area contributed by atoms with E-state index in [1.165, 1.54) is 0 Å². The van der Waals surface area contributed by atoms with E-state index in [4.69, 9.17) is 26.1 Å². The molecule has 3 aromatic carbocycles. The Hall–Kier alpha value is -3.51. The monoisotopic (exact) mass is 505 g/mol. The summed E-state index contributed by atoms with van der Waals surface area (Å²) in [5.41, 5.74) is 2.69. The molecule has 0 saturated carbocycles. The van der Waals surface area contributed by atoms with E-state index in [1.807, 2.05) is 42.5 Å². The van der Waals surface area contributed by atoms with E-state index in [2.05, 4.69) is 28.1 Å².